The summed E-state index contributed by atoms with van der Waals surface area (Å²) < 4.78 is 25.8. The molecule has 1 heterocycles. The highest BCUT2D eigenvalue weighted by Crippen LogP contribution is 2.12. The molecule has 0 saturated carbocycles. The van der Waals surface area contributed by atoms with E-state index in [2.05, 4.69) is 0 Å². The molecular formula is C19H18F2N2O2. The quantitative estimate of drug-likeness (QED) is 0.858. The lowest BCUT2D eigenvalue weighted by atomic mass is 10.1. The van der Waals surface area contributed by atoms with Gasteiger partial charge >= 0.3 is 0 Å². The summed E-state index contributed by atoms with van der Waals surface area (Å²) in [5, 5.41) is 0. The van der Waals surface area contributed by atoms with Crippen molar-refractivity contribution in [1.29, 1.82) is 0 Å². The first kappa shape index (κ1) is 17.1. The van der Waals surface area contributed by atoms with Gasteiger partial charge in [0.1, 0.15) is 11.6 Å². The zero-order valence-electron chi connectivity index (χ0n) is 13.6. The van der Waals surface area contributed by atoms with Crippen LogP contribution in [0.25, 0.3) is 0 Å². The van der Waals surface area contributed by atoms with Crippen LogP contribution in [-0.2, 0) is 11.2 Å². The van der Waals surface area contributed by atoms with Crippen LogP contribution in [0, 0.1) is 11.6 Å². The molecule has 0 radical (unpaired) electrons. The van der Waals surface area contributed by atoms with Crippen LogP contribution in [0.4, 0.5) is 8.78 Å². The lowest BCUT2D eigenvalue weighted by Gasteiger charge is -2.35. The van der Waals surface area contributed by atoms with Crippen LogP contribution < -0.4 is 0 Å². The van der Waals surface area contributed by atoms with Crippen LogP contribution in [0.5, 0.6) is 0 Å². The summed E-state index contributed by atoms with van der Waals surface area (Å²) in [6, 6.07) is 11.3. The topological polar surface area (TPSA) is 40.6 Å². The number of carbonyl (C=O) groups excluding carboxylic acids is 2. The van der Waals surface area contributed by atoms with Crippen molar-refractivity contribution in [2.45, 2.75) is 6.42 Å². The molecule has 6 heteroatoms. The third kappa shape index (κ3) is 4.21. The first-order valence-corrected chi connectivity index (χ1v) is 8.10. The van der Waals surface area contributed by atoms with E-state index >= 15 is 0 Å². The van der Waals surface area contributed by atoms with Gasteiger partial charge in [-0.2, -0.15) is 0 Å². The van der Waals surface area contributed by atoms with Gasteiger partial charge in [0.05, 0.1) is 6.42 Å². The molecule has 25 heavy (non-hydrogen) atoms. The highest BCUT2D eigenvalue weighted by atomic mass is 19.1. The molecule has 1 aliphatic heterocycles. The van der Waals surface area contributed by atoms with Crippen molar-refractivity contribution in [3.63, 3.8) is 0 Å². The number of carbonyl (C=O) groups is 2. The van der Waals surface area contributed by atoms with Crippen LogP contribution in [0.2, 0.25) is 0 Å². The fourth-order valence-electron chi connectivity index (χ4n) is 2.82. The minimum atomic E-state index is -0.382. The summed E-state index contributed by atoms with van der Waals surface area (Å²) in [5.74, 6) is -0.914. The average Bonchev–Trinajstić information content (AvgIpc) is 2.64. The van der Waals surface area contributed by atoms with Crippen LogP contribution in [0.1, 0.15) is 15.9 Å². The van der Waals surface area contributed by atoms with E-state index in [9.17, 15) is 18.4 Å². The van der Waals surface area contributed by atoms with E-state index < -0.39 is 0 Å². The van der Waals surface area contributed by atoms with Gasteiger partial charge in [-0.25, -0.2) is 8.78 Å². The molecular weight excluding hydrogens is 326 g/mol. The standard InChI is InChI=1S/C19H18F2N2O2/c20-16-5-1-14(2-6-16)13-18(24)22-9-11-23(12-10-22)19(25)15-3-7-17(21)8-4-15/h1-8H,9-13H2. The van der Waals surface area contributed by atoms with E-state index in [0.717, 1.165) is 5.56 Å². The fourth-order valence-corrected chi connectivity index (χ4v) is 2.82. The highest BCUT2D eigenvalue weighted by Gasteiger charge is 2.24. The molecule has 1 fully saturated rings. The lowest BCUT2D eigenvalue weighted by Crippen LogP contribution is -2.51. The van der Waals surface area contributed by atoms with Crippen molar-refractivity contribution >= 4 is 11.8 Å². The summed E-state index contributed by atoms with van der Waals surface area (Å²) in [5.41, 5.74) is 1.20. The van der Waals surface area contributed by atoms with Crippen molar-refractivity contribution in [2.24, 2.45) is 0 Å². The van der Waals surface area contributed by atoms with E-state index in [4.69, 9.17) is 0 Å². The van der Waals surface area contributed by atoms with E-state index in [-0.39, 0.29) is 29.9 Å². The van der Waals surface area contributed by atoms with Crippen molar-refractivity contribution < 1.29 is 18.4 Å². The molecule has 1 saturated heterocycles. The smallest absolute Gasteiger partial charge is 0.253 e. The maximum absolute atomic E-state index is 12.9. The van der Waals surface area contributed by atoms with Crippen LogP contribution in [0.3, 0.4) is 0 Å². The number of nitrogens with zero attached hydrogens (tertiary/aromatic N) is 2. The Morgan fingerprint density at radius 2 is 1.24 bits per heavy atom. The van der Waals surface area contributed by atoms with Crippen LogP contribution in [-0.4, -0.2) is 47.8 Å². The lowest BCUT2D eigenvalue weighted by molar-refractivity contribution is -0.131. The number of hydrogen-bond donors (Lipinski definition) is 0. The van der Waals surface area contributed by atoms with Crippen molar-refractivity contribution in [2.75, 3.05) is 26.2 Å². The largest absolute Gasteiger partial charge is 0.339 e. The maximum atomic E-state index is 12.9. The normalized spacial score (nSPS) is 14.5. The Labute approximate surface area is 144 Å². The van der Waals surface area contributed by atoms with Gasteiger partial charge in [-0.05, 0) is 42.0 Å². The molecule has 0 aromatic heterocycles. The van der Waals surface area contributed by atoms with Gasteiger partial charge in [0, 0.05) is 31.7 Å². The molecule has 0 unspecified atom stereocenters. The van der Waals surface area contributed by atoms with Crippen molar-refractivity contribution in [3.8, 4) is 0 Å². The number of rotatable bonds is 3. The monoisotopic (exact) mass is 344 g/mol. The number of benzene rings is 2. The summed E-state index contributed by atoms with van der Waals surface area (Å²) in [6.45, 7) is 1.77. The zero-order chi connectivity index (χ0) is 17.8. The van der Waals surface area contributed by atoms with Gasteiger partial charge in [0.25, 0.3) is 5.91 Å². The molecule has 0 N–H and O–H groups in total. The second-order valence-electron chi connectivity index (χ2n) is 5.98. The second-order valence-corrected chi connectivity index (χ2v) is 5.98. The molecule has 3 rings (SSSR count). The number of halogens is 2. The van der Waals surface area contributed by atoms with Gasteiger partial charge in [-0.1, -0.05) is 12.1 Å². The zero-order valence-corrected chi connectivity index (χ0v) is 13.6. The Morgan fingerprint density at radius 1 is 0.760 bits per heavy atom. The van der Waals surface area contributed by atoms with E-state index in [1.165, 1.54) is 36.4 Å². The minimum Gasteiger partial charge on any atom is -0.339 e. The molecule has 0 aliphatic carbocycles. The Morgan fingerprint density at radius 3 is 1.80 bits per heavy atom. The van der Waals surface area contributed by atoms with E-state index in [1.54, 1.807) is 21.9 Å². The molecule has 130 valence electrons. The summed E-state index contributed by atoms with van der Waals surface area (Å²) in [6.07, 6.45) is 0.214. The van der Waals surface area contributed by atoms with Gasteiger partial charge < -0.3 is 9.80 Å². The Kier molecular flexibility index (Phi) is 5.07. The molecule has 0 spiro atoms. The SMILES string of the molecule is O=C(Cc1ccc(F)cc1)N1CCN(C(=O)c2ccc(F)cc2)CC1. The highest BCUT2D eigenvalue weighted by molar-refractivity contribution is 5.94. The first-order chi connectivity index (χ1) is 12.0. The van der Waals surface area contributed by atoms with Crippen LogP contribution in [0.15, 0.2) is 48.5 Å². The Balaban J connectivity index is 1.54. The average molecular weight is 344 g/mol. The third-order valence-electron chi connectivity index (χ3n) is 4.28. The molecule has 4 nitrogen and oxygen atoms in total. The summed E-state index contributed by atoms with van der Waals surface area (Å²) >= 11 is 0. The molecule has 0 atom stereocenters. The summed E-state index contributed by atoms with van der Waals surface area (Å²) in [7, 11) is 0. The predicted octanol–water partition coefficient (Wildman–Crippen LogP) is 2.49. The Bertz CT molecular complexity index is 752. The van der Waals surface area contributed by atoms with Gasteiger partial charge in [-0.15, -0.1) is 0 Å². The van der Waals surface area contributed by atoms with E-state index in [1.807, 2.05) is 0 Å². The molecule has 2 aromatic rings. The second kappa shape index (κ2) is 7.42. The predicted molar refractivity (Wildman–Crippen MR) is 89.0 cm³/mol. The first-order valence-electron chi connectivity index (χ1n) is 8.10. The number of hydrogen-bond acceptors (Lipinski definition) is 2. The molecule has 2 aromatic carbocycles. The molecule has 2 amide bonds. The number of amides is 2. The molecule has 0 bridgehead atoms. The summed E-state index contributed by atoms with van der Waals surface area (Å²) in [4.78, 5) is 28.1. The van der Waals surface area contributed by atoms with Gasteiger partial charge in [0.2, 0.25) is 5.91 Å². The maximum Gasteiger partial charge on any atom is 0.253 e. The van der Waals surface area contributed by atoms with Crippen molar-refractivity contribution in [3.05, 3.63) is 71.3 Å². The number of piperazine rings is 1. The minimum absolute atomic E-state index is 0.0412. The molecule has 1 aliphatic rings. The fraction of sp³-hybridized carbons (Fsp3) is 0.263. The van der Waals surface area contributed by atoms with Gasteiger partial charge in [-0.3, -0.25) is 9.59 Å². The Hall–Kier alpha value is -2.76. The van der Waals surface area contributed by atoms with E-state index in [0.29, 0.717) is 31.7 Å². The van der Waals surface area contributed by atoms with Crippen LogP contribution >= 0.6 is 0 Å². The van der Waals surface area contributed by atoms with Gasteiger partial charge in [0.15, 0.2) is 0 Å². The van der Waals surface area contributed by atoms with Crippen molar-refractivity contribution in [1.82, 2.24) is 9.80 Å². The third-order valence-corrected chi connectivity index (χ3v) is 4.28.